The molecule has 6 rings (SSSR count). The molecular formula is C26H24ClN5O2. The molecule has 1 N–H and O–H groups in total. The summed E-state index contributed by atoms with van der Waals surface area (Å²) in [6, 6.07) is 9.75. The first-order valence-electron chi connectivity index (χ1n) is 12.6. The van der Waals surface area contributed by atoms with E-state index >= 15 is 0 Å². The van der Waals surface area contributed by atoms with Gasteiger partial charge in [0.15, 0.2) is 0 Å². The van der Waals surface area contributed by atoms with E-state index in [0.29, 0.717) is 46.2 Å². The molecule has 4 aromatic rings. The van der Waals surface area contributed by atoms with Gasteiger partial charge in [-0.3, -0.25) is 4.79 Å². The molecular weight excluding hydrogens is 450 g/mol. The maximum atomic E-state index is 13.4. The Morgan fingerprint density at radius 2 is 1.97 bits per heavy atom. The van der Waals surface area contributed by atoms with Crippen molar-refractivity contribution in [3.8, 4) is 11.1 Å². The van der Waals surface area contributed by atoms with Gasteiger partial charge in [-0.15, -0.1) is 0 Å². The molecule has 2 aromatic heterocycles. The van der Waals surface area contributed by atoms with Gasteiger partial charge in [0.2, 0.25) is 0 Å². The molecule has 0 aliphatic carbocycles. The fraction of sp³-hybridized carbons (Fsp3) is 0.308. The summed E-state index contributed by atoms with van der Waals surface area (Å²) in [6.45, 7) is 0.779. The first-order valence-corrected chi connectivity index (χ1v) is 11.5. The fourth-order valence-corrected chi connectivity index (χ4v) is 5.36. The van der Waals surface area contributed by atoms with E-state index in [1.807, 2.05) is 22.8 Å². The summed E-state index contributed by atoms with van der Waals surface area (Å²) in [5, 5.41) is 10.5. The van der Waals surface area contributed by atoms with Gasteiger partial charge in [0.25, 0.3) is 5.91 Å². The number of imidazole rings is 1. The molecule has 7 nitrogen and oxygen atoms in total. The average Bonchev–Trinajstić information content (AvgIpc) is 3.30. The molecule has 172 valence electrons. The number of carbonyl (C=O) groups excluding carboxylic acids is 1. The number of rotatable bonds is 3. The third-order valence-electron chi connectivity index (χ3n) is 6.55. The predicted octanol–water partition coefficient (Wildman–Crippen LogP) is 4.58. The van der Waals surface area contributed by atoms with Crippen molar-refractivity contribution in [3.05, 3.63) is 76.6 Å². The molecule has 2 aliphatic heterocycles. The number of benzene rings is 2. The van der Waals surface area contributed by atoms with Crippen molar-refractivity contribution in [1.82, 2.24) is 24.4 Å². The Balaban J connectivity index is 1.51. The van der Waals surface area contributed by atoms with Gasteiger partial charge in [-0.05, 0) is 43.7 Å². The Morgan fingerprint density at radius 1 is 1.18 bits per heavy atom. The van der Waals surface area contributed by atoms with Crippen LogP contribution in [0, 0.1) is 0 Å². The molecule has 0 fully saturated rings. The summed E-state index contributed by atoms with van der Waals surface area (Å²) in [7, 11) is 0. The minimum absolute atomic E-state index is 0.301. The van der Waals surface area contributed by atoms with Gasteiger partial charge in [0.05, 0.1) is 28.7 Å². The van der Waals surface area contributed by atoms with Crippen LogP contribution in [0.4, 0.5) is 0 Å². The van der Waals surface area contributed by atoms with Crippen molar-refractivity contribution in [2.75, 3.05) is 6.98 Å². The second-order valence-corrected chi connectivity index (χ2v) is 9.97. The van der Waals surface area contributed by atoms with Crippen LogP contribution in [0.5, 0.6) is 0 Å². The second kappa shape index (κ2) is 7.35. The molecule has 34 heavy (non-hydrogen) atoms. The highest BCUT2D eigenvalue weighted by molar-refractivity contribution is 6.32. The minimum atomic E-state index is -2.64. The largest absolute Gasteiger partial charge is 0.390 e. The zero-order chi connectivity index (χ0) is 26.3. The normalized spacial score (nSPS) is 21.0. The van der Waals surface area contributed by atoms with Crippen LogP contribution in [0.1, 0.15) is 64.0 Å². The summed E-state index contributed by atoms with van der Waals surface area (Å²) in [4.78, 5) is 28.0. The molecule has 8 heteroatoms. The zero-order valence-corrected chi connectivity index (χ0v) is 19.4. The van der Waals surface area contributed by atoms with Crippen LogP contribution in [-0.4, -0.2) is 48.0 Å². The van der Waals surface area contributed by atoms with E-state index in [2.05, 4.69) is 9.97 Å². The van der Waals surface area contributed by atoms with Crippen molar-refractivity contribution in [2.45, 2.75) is 44.4 Å². The Kier molecular flexibility index (Phi) is 3.91. The highest BCUT2D eigenvalue weighted by atomic mass is 35.5. The molecule has 0 spiro atoms. The standard InChI is InChI=1S/C26H24ClN5O2/c1-26(2,34)11-22-28-12-15(13-29-22)14-7-8-18-19(9-14)32-20-10-21(24(32)30-18)31(3)25(33)16-5-4-6-17(27)23(16)20/h4-9,12-13,20-21,34H,10-11H2,1-3H3/t20-,21-/m1/s1/i3D3. The topological polar surface area (TPSA) is 84.1 Å². The van der Waals surface area contributed by atoms with E-state index in [1.165, 1.54) is 0 Å². The number of aliphatic hydroxyl groups is 1. The van der Waals surface area contributed by atoms with Crippen LogP contribution >= 0.6 is 11.6 Å². The third-order valence-corrected chi connectivity index (χ3v) is 6.88. The number of hydrogen-bond acceptors (Lipinski definition) is 5. The molecule has 2 bridgehead atoms. The lowest BCUT2D eigenvalue weighted by molar-refractivity contribution is 0.0733. The highest BCUT2D eigenvalue weighted by Gasteiger charge is 2.44. The van der Waals surface area contributed by atoms with E-state index in [0.717, 1.165) is 21.5 Å². The minimum Gasteiger partial charge on any atom is -0.390 e. The van der Waals surface area contributed by atoms with Crippen molar-refractivity contribution >= 4 is 28.5 Å². The van der Waals surface area contributed by atoms with Crippen LogP contribution in [0.15, 0.2) is 48.8 Å². The van der Waals surface area contributed by atoms with Crippen molar-refractivity contribution in [2.24, 2.45) is 0 Å². The van der Waals surface area contributed by atoms with Crippen molar-refractivity contribution < 1.29 is 14.0 Å². The predicted molar refractivity (Wildman–Crippen MR) is 130 cm³/mol. The van der Waals surface area contributed by atoms with Gasteiger partial charge in [-0.2, -0.15) is 0 Å². The number of hydrogen-bond donors (Lipinski definition) is 1. The molecule has 4 heterocycles. The van der Waals surface area contributed by atoms with Gasteiger partial charge >= 0.3 is 0 Å². The van der Waals surface area contributed by atoms with Crippen molar-refractivity contribution in [1.29, 1.82) is 0 Å². The lowest BCUT2D eigenvalue weighted by atomic mass is 9.98. The summed E-state index contributed by atoms with van der Waals surface area (Å²) in [5.41, 5.74) is 3.19. The quantitative estimate of drug-likeness (QED) is 0.468. The molecule has 0 saturated carbocycles. The first kappa shape index (κ1) is 18.1. The van der Waals surface area contributed by atoms with E-state index in [1.54, 1.807) is 44.4 Å². The average molecular weight is 477 g/mol. The number of fused-ring (bicyclic) bond motifs is 9. The van der Waals surface area contributed by atoms with Crippen LogP contribution in [0.3, 0.4) is 0 Å². The number of halogens is 1. The molecule has 2 atom stereocenters. The molecule has 0 unspecified atom stereocenters. The Hall–Kier alpha value is -3.29. The molecule has 2 aliphatic rings. The van der Waals surface area contributed by atoms with Gasteiger partial charge in [0.1, 0.15) is 11.6 Å². The van der Waals surface area contributed by atoms with Crippen LogP contribution in [0.25, 0.3) is 22.2 Å². The lowest BCUT2D eigenvalue weighted by Crippen LogP contribution is -2.30. The summed E-state index contributed by atoms with van der Waals surface area (Å²) in [5.74, 6) is 0.518. The Morgan fingerprint density at radius 3 is 2.71 bits per heavy atom. The summed E-state index contributed by atoms with van der Waals surface area (Å²) >= 11 is 6.63. The Bertz CT molecular complexity index is 1560. The molecule has 1 amide bonds. The summed E-state index contributed by atoms with van der Waals surface area (Å²) in [6.07, 6.45) is 4.16. The van der Waals surface area contributed by atoms with Crippen LogP contribution in [-0.2, 0) is 6.42 Å². The van der Waals surface area contributed by atoms with Crippen molar-refractivity contribution in [3.63, 3.8) is 0 Å². The fourth-order valence-electron chi connectivity index (χ4n) is 5.06. The third kappa shape index (κ3) is 3.22. The van der Waals surface area contributed by atoms with Crippen LogP contribution < -0.4 is 0 Å². The second-order valence-electron chi connectivity index (χ2n) is 9.56. The maximum absolute atomic E-state index is 13.4. The highest BCUT2D eigenvalue weighted by Crippen LogP contribution is 2.49. The maximum Gasteiger partial charge on any atom is 0.254 e. The van der Waals surface area contributed by atoms with E-state index in [-0.39, 0.29) is 6.04 Å². The smallest absolute Gasteiger partial charge is 0.254 e. The SMILES string of the molecule is [2H]C([2H])([2H])N1C(=O)c2cccc(Cl)c2[C@H]2C[C@@H]1c1nc3ccc(-c4cnc(CC(C)(C)O)nc4)cc3n12. The molecule has 2 aromatic carbocycles. The van der Waals surface area contributed by atoms with E-state index in [9.17, 15) is 9.90 Å². The Labute approximate surface area is 206 Å². The van der Waals surface area contributed by atoms with Gasteiger partial charge in [0, 0.05) is 58.0 Å². The number of amides is 1. The number of nitrogens with zero attached hydrogens (tertiary/aromatic N) is 5. The monoisotopic (exact) mass is 476 g/mol. The first-order chi connectivity index (χ1) is 17.4. The van der Waals surface area contributed by atoms with Gasteiger partial charge < -0.3 is 14.6 Å². The van der Waals surface area contributed by atoms with E-state index < -0.39 is 24.5 Å². The number of aromatic nitrogens is 4. The molecule has 0 saturated heterocycles. The van der Waals surface area contributed by atoms with E-state index in [4.69, 9.17) is 20.7 Å². The summed E-state index contributed by atoms with van der Waals surface area (Å²) < 4.78 is 26.4. The van der Waals surface area contributed by atoms with Crippen LogP contribution in [0.2, 0.25) is 5.02 Å². The molecule has 0 radical (unpaired) electrons. The van der Waals surface area contributed by atoms with Gasteiger partial charge in [-0.25, -0.2) is 15.0 Å². The van der Waals surface area contributed by atoms with Gasteiger partial charge in [-0.1, -0.05) is 23.7 Å². The lowest BCUT2D eigenvalue weighted by Gasteiger charge is -2.24. The zero-order valence-electron chi connectivity index (χ0n) is 21.7. The number of carbonyl (C=O) groups is 1.